The zero-order valence-corrected chi connectivity index (χ0v) is 18.8. The molecule has 3 aromatic rings. The molecular weight excluding hydrogens is 479 g/mol. The number of nitro groups is 1. The largest absolute Gasteiger partial charge is 0.326 e. The third kappa shape index (κ3) is 5.47. The maximum Gasteiger partial charge on any atom is 0.326 e. The molecule has 0 heterocycles. The molecule has 3 rings (SSSR count). The Kier molecular flexibility index (Phi) is 6.87. The minimum Gasteiger partial charge on any atom is -0.308 e. The van der Waals surface area contributed by atoms with E-state index in [9.17, 15) is 23.3 Å². The summed E-state index contributed by atoms with van der Waals surface area (Å²) in [5.41, 5.74) is 0.959. The van der Waals surface area contributed by atoms with Gasteiger partial charge in [-0.25, -0.2) is 13.2 Å². The van der Waals surface area contributed by atoms with Gasteiger partial charge in [-0.3, -0.25) is 19.7 Å². The summed E-state index contributed by atoms with van der Waals surface area (Å²) in [6.45, 7) is 0. The Balaban J connectivity index is 1.70. The predicted molar refractivity (Wildman–Crippen MR) is 124 cm³/mol. The van der Waals surface area contributed by atoms with Crippen LogP contribution in [0, 0.1) is 10.1 Å². The summed E-state index contributed by atoms with van der Waals surface area (Å²) in [7, 11) is -2.39. The van der Waals surface area contributed by atoms with Crippen LogP contribution in [0.25, 0.3) is 0 Å². The molecule has 3 aromatic carbocycles. The zero-order valence-electron chi connectivity index (χ0n) is 16.5. The quantitative estimate of drug-likeness (QED) is 0.352. The van der Waals surface area contributed by atoms with Crippen LogP contribution in [0.4, 0.5) is 27.5 Å². The Bertz CT molecular complexity index is 1270. The molecule has 0 aliphatic heterocycles. The van der Waals surface area contributed by atoms with Crippen molar-refractivity contribution in [3.63, 3.8) is 0 Å². The Morgan fingerprint density at radius 3 is 2.09 bits per heavy atom. The number of hydrogen-bond donors (Lipinski definition) is 2. The molecule has 32 heavy (non-hydrogen) atoms. The highest BCUT2D eigenvalue weighted by molar-refractivity contribution is 7.92. The van der Waals surface area contributed by atoms with Gasteiger partial charge in [0.1, 0.15) is 0 Å². The third-order valence-electron chi connectivity index (χ3n) is 4.34. The molecule has 0 bridgehead atoms. The molecule has 0 spiro atoms. The van der Waals surface area contributed by atoms with Crippen LogP contribution in [0.15, 0.2) is 71.6 Å². The van der Waals surface area contributed by atoms with E-state index in [4.69, 9.17) is 23.2 Å². The van der Waals surface area contributed by atoms with Gasteiger partial charge in [-0.15, -0.1) is 0 Å². The number of halogens is 2. The molecule has 0 fully saturated rings. The lowest BCUT2D eigenvalue weighted by atomic mass is 10.3. The SMILES string of the molecule is CN(C(=O)Nc1ccc([N+](=O)[O-])cc1)c1ccc(S(=O)(=O)Nc2ccc(Cl)c(Cl)c2)cc1. The lowest BCUT2D eigenvalue weighted by molar-refractivity contribution is -0.384. The zero-order chi connectivity index (χ0) is 23.5. The Morgan fingerprint density at radius 2 is 1.53 bits per heavy atom. The number of benzene rings is 3. The van der Waals surface area contributed by atoms with Crippen molar-refractivity contribution < 1.29 is 18.1 Å². The van der Waals surface area contributed by atoms with E-state index in [-0.39, 0.29) is 21.3 Å². The average Bonchev–Trinajstić information content (AvgIpc) is 2.76. The van der Waals surface area contributed by atoms with Crippen molar-refractivity contribution in [1.29, 1.82) is 0 Å². The number of sulfonamides is 1. The number of rotatable bonds is 6. The van der Waals surface area contributed by atoms with Crippen molar-refractivity contribution in [2.45, 2.75) is 4.90 Å². The minimum absolute atomic E-state index is 0.0171. The van der Waals surface area contributed by atoms with Gasteiger partial charge in [0.2, 0.25) is 0 Å². The molecule has 12 heteroatoms. The summed E-state index contributed by atoms with van der Waals surface area (Å²) in [5, 5.41) is 13.8. The average molecular weight is 495 g/mol. The van der Waals surface area contributed by atoms with Gasteiger partial charge in [-0.05, 0) is 54.6 Å². The molecule has 0 radical (unpaired) electrons. The first-order chi connectivity index (χ1) is 15.1. The molecule has 0 saturated heterocycles. The normalized spacial score (nSPS) is 11.0. The number of carbonyl (C=O) groups is 1. The molecule has 9 nitrogen and oxygen atoms in total. The number of non-ortho nitro benzene ring substituents is 1. The van der Waals surface area contributed by atoms with Gasteiger partial charge in [0.15, 0.2) is 0 Å². The van der Waals surface area contributed by atoms with Crippen molar-refractivity contribution in [3.8, 4) is 0 Å². The van der Waals surface area contributed by atoms with Gasteiger partial charge in [-0.2, -0.15) is 0 Å². The number of amides is 2. The maximum absolute atomic E-state index is 12.6. The molecule has 2 N–H and O–H groups in total. The molecule has 0 aliphatic carbocycles. The summed E-state index contributed by atoms with van der Waals surface area (Å²) in [6.07, 6.45) is 0. The lowest BCUT2D eigenvalue weighted by Gasteiger charge is -2.18. The molecule has 0 saturated carbocycles. The van der Waals surface area contributed by atoms with E-state index in [1.54, 1.807) is 0 Å². The van der Waals surface area contributed by atoms with Crippen molar-refractivity contribution >= 4 is 62.0 Å². The Morgan fingerprint density at radius 1 is 0.938 bits per heavy atom. The van der Waals surface area contributed by atoms with Crippen LogP contribution < -0.4 is 14.9 Å². The standard InChI is InChI=1S/C20H16Cl2N4O5S/c1-25(20(27)23-13-2-5-16(6-3-13)26(28)29)15-7-9-17(10-8-15)32(30,31)24-14-4-11-18(21)19(22)12-14/h2-12,24H,1H3,(H,23,27). The first kappa shape index (κ1) is 23.3. The summed E-state index contributed by atoms with van der Waals surface area (Å²) >= 11 is 11.8. The number of urea groups is 1. The van der Waals surface area contributed by atoms with Crippen LogP contribution in [0.1, 0.15) is 0 Å². The summed E-state index contributed by atoms with van der Waals surface area (Å²) in [4.78, 5) is 23.9. The number of hydrogen-bond acceptors (Lipinski definition) is 5. The second kappa shape index (κ2) is 9.43. The fraction of sp³-hybridized carbons (Fsp3) is 0.0500. The van der Waals surface area contributed by atoms with Crippen LogP contribution in [0.3, 0.4) is 0 Å². The van der Waals surface area contributed by atoms with Crippen molar-refractivity contribution in [2.75, 3.05) is 22.0 Å². The molecule has 0 atom stereocenters. The van der Waals surface area contributed by atoms with E-state index in [1.807, 2.05) is 0 Å². The van der Waals surface area contributed by atoms with Crippen molar-refractivity contribution in [3.05, 3.63) is 86.9 Å². The first-order valence-electron chi connectivity index (χ1n) is 8.94. The van der Waals surface area contributed by atoms with E-state index in [1.165, 1.54) is 78.7 Å². The van der Waals surface area contributed by atoms with Crippen molar-refractivity contribution in [2.24, 2.45) is 0 Å². The van der Waals surface area contributed by atoms with E-state index >= 15 is 0 Å². The highest BCUT2D eigenvalue weighted by Gasteiger charge is 2.17. The molecule has 166 valence electrons. The number of nitrogens with one attached hydrogen (secondary N) is 2. The monoisotopic (exact) mass is 494 g/mol. The summed E-state index contributed by atoms with van der Waals surface area (Å²) in [6, 6.07) is 14.9. The number of anilines is 3. The van der Waals surface area contributed by atoms with Crippen LogP contribution in [-0.2, 0) is 10.0 Å². The lowest BCUT2D eigenvalue weighted by Crippen LogP contribution is -2.31. The topological polar surface area (TPSA) is 122 Å². The van der Waals surface area contributed by atoms with E-state index in [0.717, 1.165) is 0 Å². The summed E-state index contributed by atoms with van der Waals surface area (Å²) < 4.78 is 27.6. The van der Waals surface area contributed by atoms with Gasteiger partial charge in [-0.1, -0.05) is 23.2 Å². The molecule has 0 unspecified atom stereocenters. The fourth-order valence-electron chi connectivity index (χ4n) is 2.61. The maximum atomic E-state index is 12.6. The second-order valence-electron chi connectivity index (χ2n) is 6.52. The minimum atomic E-state index is -3.89. The number of nitro benzene ring substituents is 1. The molecule has 0 aliphatic rings. The second-order valence-corrected chi connectivity index (χ2v) is 9.02. The molecule has 0 aromatic heterocycles. The van der Waals surface area contributed by atoms with Gasteiger partial charge in [0.25, 0.3) is 15.7 Å². The van der Waals surface area contributed by atoms with Crippen LogP contribution in [0.2, 0.25) is 10.0 Å². The first-order valence-corrected chi connectivity index (χ1v) is 11.2. The van der Waals surface area contributed by atoms with Gasteiger partial charge < -0.3 is 5.32 Å². The highest BCUT2D eigenvalue weighted by Crippen LogP contribution is 2.27. The van der Waals surface area contributed by atoms with Crippen molar-refractivity contribution in [1.82, 2.24) is 0 Å². The summed E-state index contributed by atoms with van der Waals surface area (Å²) in [5.74, 6) is 0. The Labute approximate surface area is 193 Å². The third-order valence-corrected chi connectivity index (χ3v) is 6.48. The van der Waals surface area contributed by atoms with E-state index < -0.39 is 21.0 Å². The van der Waals surface area contributed by atoms with Crippen LogP contribution in [-0.4, -0.2) is 26.4 Å². The van der Waals surface area contributed by atoms with Gasteiger partial charge in [0.05, 0.1) is 25.6 Å². The predicted octanol–water partition coefficient (Wildman–Crippen LogP) is 5.37. The van der Waals surface area contributed by atoms with E-state index in [0.29, 0.717) is 16.4 Å². The number of nitrogens with zero attached hydrogens (tertiary/aromatic N) is 2. The smallest absolute Gasteiger partial charge is 0.308 e. The molecule has 2 amide bonds. The molecular formula is C20H16Cl2N4O5S. The number of carbonyl (C=O) groups excluding carboxylic acids is 1. The van der Waals surface area contributed by atoms with Gasteiger partial charge in [0, 0.05) is 30.6 Å². The van der Waals surface area contributed by atoms with Crippen LogP contribution in [0.5, 0.6) is 0 Å². The highest BCUT2D eigenvalue weighted by atomic mass is 35.5. The van der Waals surface area contributed by atoms with Gasteiger partial charge >= 0.3 is 6.03 Å². The van der Waals surface area contributed by atoms with E-state index in [2.05, 4.69) is 10.0 Å². The van der Waals surface area contributed by atoms with Crippen LogP contribution >= 0.6 is 23.2 Å². The Hall–Kier alpha value is -3.34. The fourth-order valence-corrected chi connectivity index (χ4v) is 3.96.